The quantitative estimate of drug-likeness (QED) is 0.0252. The summed E-state index contributed by atoms with van der Waals surface area (Å²) >= 11 is 0. The fraction of sp³-hybridized carbons (Fsp3) is 0.987. The van der Waals surface area contributed by atoms with Crippen molar-refractivity contribution in [3.05, 3.63) is 0 Å². The van der Waals surface area contributed by atoms with Crippen molar-refractivity contribution in [1.82, 2.24) is 5.32 Å². The molecule has 0 spiro atoms. The molecule has 96 heavy (non-hydrogen) atoms. The van der Waals surface area contributed by atoms with Crippen molar-refractivity contribution in [2.75, 3.05) is 26.4 Å². The Morgan fingerprint density at radius 1 is 0.333 bits per heavy atom. The highest BCUT2D eigenvalue weighted by atomic mass is 16.8. The molecule has 570 valence electrons. The molecular weight excluding hydrogens is 1230 g/mol. The molecule has 3 saturated heterocycles. The second-order valence-electron chi connectivity index (χ2n) is 29.2. The molecule has 0 aliphatic carbocycles. The Morgan fingerprint density at radius 2 is 0.594 bits per heavy atom. The smallest absolute Gasteiger partial charge is 0.220 e. The first-order chi connectivity index (χ1) is 46.8. The van der Waals surface area contributed by atoms with Gasteiger partial charge in [0.2, 0.25) is 5.91 Å². The van der Waals surface area contributed by atoms with Crippen molar-refractivity contribution in [1.29, 1.82) is 0 Å². The van der Waals surface area contributed by atoms with Crippen LogP contribution in [-0.4, -0.2) is 193 Å². The molecule has 0 aromatic carbocycles. The third-order valence-corrected chi connectivity index (χ3v) is 20.7. The number of nitrogens with one attached hydrogen (secondary N) is 1. The number of amides is 1. The van der Waals surface area contributed by atoms with Crippen LogP contribution in [0, 0.1) is 0 Å². The number of aliphatic hydroxyl groups is 11. The minimum atomic E-state index is -1.97. The number of carbonyl (C=O) groups is 1. The first-order valence-electron chi connectivity index (χ1n) is 40.3. The summed E-state index contributed by atoms with van der Waals surface area (Å²) in [5, 5.41) is 121. The predicted octanol–water partition coefficient (Wildman–Crippen LogP) is 13.0. The maximum Gasteiger partial charge on any atom is 0.220 e. The molecule has 0 aromatic rings. The van der Waals surface area contributed by atoms with E-state index in [0.717, 1.165) is 44.9 Å². The third-order valence-electron chi connectivity index (χ3n) is 20.7. The zero-order valence-electron chi connectivity index (χ0n) is 60.9. The summed E-state index contributed by atoms with van der Waals surface area (Å²) in [4.78, 5) is 13.5. The summed E-state index contributed by atoms with van der Waals surface area (Å²) in [5.41, 5.74) is 0. The summed E-state index contributed by atoms with van der Waals surface area (Å²) in [6.45, 7) is 1.88. The Hall–Kier alpha value is -1.21. The van der Waals surface area contributed by atoms with Gasteiger partial charge in [0.15, 0.2) is 18.9 Å². The second kappa shape index (κ2) is 59.2. The van der Waals surface area contributed by atoms with E-state index >= 15 is 0 Å². The molecule has 0 radical (unpaired) electrons. The molecular formula is C77H149NO18. The number of hydrogen-bond acceptors (Lipinski definition) is 18. The molecule has 19 heteroatoms. The first-order valence-corrected chi connectivity index (χ1v) is 40.3. The summed E-state index contributed by atoms with van der Waals surface area (Å²) in [7, 11) is 0. The Balaban J connectivity index is 1.37. The molecule has 0 aromatic heterocycles. The number of carbonyl (C=O) groups excluding carboxylic acids is 1. The SMILES string of the molecule is CCCCCCCCCCCCCCCCCCCCCCCCCCCCCC(O)C(COC1OC(CO)C(OC2OC(CO)C(OC3OC(CO)C(O)C(O)C3O)C(O)C2O)C(O)C1O)NC(=O)CCCCCCCCCCCCCCCCCCCCCCCCCC. The third kappa shape index (κ3) is 39.4. The van der Waals surface area contributed by atoms with E-state index in [-0.39, 0.29) is 18.9 Å². The van der Waals surface area contributed by atoms with Gasteiger partial charge in [0, 0.05) is 6.42 Å². The van der Waals surface area contributed by atoms with Gasteiger partial charge in [-0.1, -0.05) is 335 Å². The molecule has 1 amide bonds. The van der Waals surface area contributed by atoms with E-state index in [1.165, 1.54) is 276 Å². The fourth-order valence-electron chi connectivity index (χ4n) is 14.2. The van der Waals surface area contributed by atoms with Crippen LogP contribution in [0.3, 0.4) is 0 Å². The van der Waals surface area contributed by atoms with Gasteiger partial charge in [-0.15, -0.1) is 0 Å². The molecule has 0 saturated carbocycles. The summed E-state index contributed by atoms with van der Waals surface area (Å²) in [5.74, 6) is -0.233. The number of rotatable bonds is 65. The molecule has 3 aliphatic heterocycles. The average Bonchev–Trinajstić information content (AvgIpc) is 0.798. The van der Waals surface area contributed by atoms with Crippen molar-refractivity contribution < 1.29 is 89.4 Å². The summed E-state index contributed by atoms with van der Waals surface area (Å²) in [6.07, 6.45) is 40.5. The number of aliphatic hydroxyl groups excluding tert-OH is 11. The fourth-order valence-corrected chi connectivity index (χ4v) is 14.2. The van der Waals surface area contributed by atoms with Crippen molar-refractivity contribution in [3.63, 3.8) is 0 Å². The first kappa shape index (κ1) is 89.0. The van der Waals surface area contributed by atoms with Crippen LogP contribution in [0.25, 0.3) is 0 Å². The molecule has 3 heterocycles. The van der Waals surface area contributed by atoms with Crippen molar-refractivity contribution in [2.24, 2.45) is 0 Å². The highest BCUT2D eigenvalue weighted by molar-refractivity contribution is 5.76. The van der Waals surface area contributed by atoms with E-state index < -0.39 is 124 Å². The van der Waals surface area contributed by atoms with Crippen molar-refractivity contribution in [2.45, 2.75) is 458 Å². The highest BCUT2D eigenvalue weighted by Crippen LogP contribution is 2.33. The van der Waals surface area contributed by atoms with E-state index in [4.69, 9.17) is 28.4 Å². The Kier molecular flexibility index (Phi) is 54.9. The van der Waals surface area contributed by atoms with Crippen molar-refractivity contribution >= 4 is 5.91 Å². The van der Waals surface area contributed by atoms with E-state index in [1.807, 2.05) is 0 Å². The van der Waals surface area contributed by atoms with E-state index in [1.54, 1.807) is 0 Å². The normalized spacial score (nSPS) is 26.9. The molecule has 12 N–H and O–H groups in total. The lowest BCUT2D eigenvalue weighted by atomic mass is 9.96. The zero-order chi connectivity index (χ0) is 69.6. The van der Waals surface area contributed by atoms with Crippen LogP contribution in [0.5, 0.6) is 0 Å². The van der Waals surface area contributed by atoms with E-state index in [2.05, 4.69) is 19.2 Å². The number of ether oxygens (including phenoxy) is 6. The second-order valence-corrected chi connectivity index (χ2v) is 29.2. The van der Waals surface area contributed by atoms with Crippen LogP contribution in [0.2, 0.25) is 0 Å². The molecule has 17 atom stereocenters. The summed E-state index contributed by atoms with van der Waals surface area (Å²) in [6, 6.07) is -0.883. The highest BCUT2D eigenvalue weighted by Gasteiger charge is 2.54. The average molecular weight is 1380 g/mol. The van der Waals surface area contributed by atoms with Gasteiger partial charge in [0.05, 0.1) is 38.6 Å². The van der Waals surface area contributed by atoms with Crippen LogP contribution in [0.15, 0.2) is 0 Å². The Bertz CT molecular complexity index is 1740. The van der Waals surface area contributed by atoms with Crippen LogP contribution in [0.1, 0.15) is 354 Å². The van der Waals surface area contributed by atoms with Crippen LogP contribution < -0.4 is 5.32 Å². The number of hydrogen-bond donors (Lipinski definition) is 12. The Labute approximate surface area is 583 Å². The predicted molar refractivity (Wildman–Crippen MR) is 379 cm³/mol. The monoisotopic (exact) mass is 1380 g/mol. The van der Waals surface area contributed by atoms with Gasteiger partial charge < -0.3 is 89.9 Å². The van der Waals surface area contributed by atoms with Crippen LogP contribution >= 0.6 is 0 Å². The van der Waals surface area contributed by atoms with Gasteiger partial charge in [-0.05, 0) is 12.8 Å². The van der Waals surface area contributed by atoms with Gasteiger partial charge in [-0.2, -0.15) is 0 Å². The largest absolute Gasteiger partial charge is 0.394 e. The zero-order valence-corrected chi connectivity index (χ0v) is 60.9. The topological polar surface area (TPSA) is 307 Å². The van der Waals surface area contributed by atoms with Crippen LogP contribution in [-0.2, 0) is 33.2 Å². The van der Waals surface area contributed by atoms with Gasteiger partial charge in [0.1, 0.15) is 73.2 Å². The molecule has 3 aliphatic rings. The van der Waals surface area contributed by atoms with Gasteiger partial charge in [-0.25, -0.2) is 0 Å². The lowest BCUT2D eigenvalue weighted by Gasteiger charge is -2.48. The molecule has 0 bridgehead atoms. The lowest BCUT2D eigenvalue weighted by Crippen LogP contribution is -2.66. The molecule has 17 unspecified atom stereocenters. The minimum Gasteiger partial charge on any atom is -0.394 e. The standard InChI is InChI=1S/C77H149NO18/c1-3-5-7-9-11-13-15-17-19-21-23-25-27-29-30-31-32-34-36-38-40-42-44-46-48-50-52-54-61(82)60(78-65(83)55-53-51-49-47-45-43-41-39-37-35-33-28-26-24-22-20-18-16-14-12-10-8-6-4-2)59-91-75-71(89)68(86)73(63(57-80)93-75)96-77-72(90)69(87)74(64(58-81)94-77)95-76-70(88)67(85)66(84)62(56-79)92-76/h60-64,66-77,79-82,84-90H,3-59H2,1-2H3,(H,78,83). The van der Waals surface area contributed by atoms with E-state index in [9.17, 15) is 61.0 Å². The van der Waals surface area contributed by atoms with Crippen molar-refractivity contribution in [3.8, 4) is 0 Å². The van der Waals surface area contributed by atoms with Gasteiger partial charge in [-0.3, -0.25) is 4.79 Å². The molecule has 3 fully saturated rings. The minimum absolute atomic E-state index is 0.233. The van der Waals surface area contributed by atoms with Crippen LogP contribution in [0.4, 0.5) is 0 Å². The van der Waals surface area contributed by atoms with E-state index in [0.29, 0.717) is 12.8 Å². The lowest BCUT2D eigenvalue weighted by molar-refractivity contribution is -0.379. The summed E-state index contributed by atoms with van der Waals surface area (Å²) < 4.78 is 34.5. The number of unbranched alkanes of at least 4 members (excludes halogenated alkanes) is 49. The van der Waals surface area contributed by atoms with Gasteiger partial charge in [0.25, 0.3) is 0 Å². The van der Waals surface area contributed by atoms with Gasteiger partial charge >= 0.3 is 0 Å². The maximum atomic E-state index is 13.5. The maximum absolute atomic E-state index is 13.5. The molecule has 19 nitrogen and oxygen atoms in total. The molecule has 3 rings (SSSR count). The Morgan fingerprint density at radius 3 is 0.906 bits per heavy atom.